The highest BCUT2D eigenvalue weighted by Crippen LogP contribution is 2.29. The largest absolute Gasteiger partial charge is 0.354 e. The molecule has 1 aromatic heterocycles. The molecule has 2 atom stereocenters. The molecule has 4 rings (SSSR count). The number of hydrogen-bond donors (Lipinski definition) is 2. The number of nitrogens with zero attached hydrogens (tertiary/aromatic N) is 3. The highest BCUT2D eigenvalue weighted by atomic mass is 16.2. The minimum atomic E-state index is -0.154. The van der Waals surface area contributed by atoms with Crippen molar-refractivity contribution in [2.45, 2.75) is 31.3 Å². The number of urea groups is 1. The standard InChI is InChI=1S/C17H19N5O2/c23-16-10-12-6-7-13(11-18-16)22(12)17(24)20-14-4-1-2-5-15(14)21-9-3-8-19-21/h1-5,8-9,12-13H,6-7,10-11H2,(H,18,23)(H,20,24)/t12-,13+/m1/s1. The van der Waals surface area contributed by atoms with Gasteiger partial charge in [-0.3, -0.25) is 4.79 Å². The molecule has 2 saturated heterocycles. The lowest BCUT2D eigenvalue weighted by Crippen LogP contribution is -2.45. The first-order valence-corrected chi connectivity index (χ1v) is 8.17. The third-order valence-electron chi connectivity index (χ3n) is 4.71. The summed E-state index contributed by atoms with van der Waals surface area (Å²) in [5, 5.41) is 10.1. The van der Waals surface area contributed by atoms with Gasteiger partial charge in [0.1, 0.15) is 0 Å². The van der Waals surface area contributed by atoms with E-state index in [0.29, 0.717) is 18.7 Å². The van der Waals surface area contributed by atoms with E-state index in [4.69, 9.17) is 0 Å². The van der Waals surface area contributed by atoms with E-state index in [-0.39, 0.29) is 24.0 Å². The summed E-state index contributed by atoms with van der Waals surface area (Å²) in [4.78, 5) is 26.4. The van der Waals surface area contributed by atoms with E-state index in [0.717, 1.165) is 18.5 Å². The summed E-state index contributed by atoms with van der Waals surface area (Å²) in [6.07, 6.45) is 5.73. The third kappa shape index (κ3) is 2.62. The van der Waals surface area contributed by atoms with E-state index in [9.17, 15) is 9.59 Å². The Labute approximate surface area is 139 Å². The molecule has 3 heterocycles. The van der Waals surface area contributed by atoms with Crippen molar-refractivity contribution in [3.63, 3.8) is 0 Å². The molecule has 2 N–H and O–H groups in total. The van der Waals surface area contributed by atoms with Crippen molar-refractivity contribution in [3.05, 3.63) is 42.7 Å². The van der Waals surface area contributed by atoms with Crippen LogP contribution in [-0.4, -0.2) is 45.2 Å². The molecule has 2 aliphatic rings. The van der Waals surface area contributed by atoms with Crippen molar-refractivity contribution in [2.24, 2.45) is 0 Å². The zero-order valence-electron chi connectivity index (χ0n) is 13.2. The first-order chi connectivity index (χ1) is 11.7. The fourth-order valence-electron chi connectivity index (χ4n) is 3.58. The molecule has 0 unspecified atom stereocenters. The maximum absolute atomic E-state index is 12.9. The van der Waals surface area contributed by atoms with Crippen LogP contribution in [0.3, 0.4) is 0 Å². The lowest BCUT2D eigenvalue weighted by Gasteiger charge is -2.28. The fourth-order valence-corrected chi connectivity index (χ4v) is 3.58. The third-order valence-corrected chi connectivity index (χ3v) is 4.71. The highest BCUT2D eigenvalue weighted by molar-refractivity contribution is 5.93. The molecule has 0 saturated carbocycles. The molecular formula is C17H19N5O2. The van der Waals surface area contributed by atoms with Gasteiger partial charge < -0.3 is 15.5 Å². The van der Waals surface area contributed by atoms with Gasteiger partial charge in [-0.05, 0) is 31.0 Å². The van der Waals surface area contributed by atoms with E-state index >= 15 is 0 Å². The highest BCUT2D eigenvalue weighted by Gasteiger charge is 2.40. The molecule has 2 aliphatic heterocycles. The number of amides is 3. The maximum atomic E-state index is 12.9. The van der Waals surface area contributed by atoms with E-state index < -0.39 is 0 Å². The van der Waals surface area contributed by atoms with Gasteiger partial charge in [0.15, 0.2) is 0 Å². The Morgan fingerprint density at radius 2 is 2.04 bits per heavy atom. The Kier molecular flexibility index (Phi) is 3.68. The first kappa shape index (κ1) is 14.7. The number of hydrogen-bond acceptors (Lipinski definition) is 3. The molecule has 0 radical (unpaired) electrons. The molecule has 2 aromatic rings. The van der Waals surface area contributed by atoms with E-state index in [1.165, 1.54) is 0 Å². The van der Waals surface area contributed by atoms with Gasteiger partial charge in [-0.15, -0.1) is 0 Å². The molecule has 124 valence electrons. The first-order valence-electron chi connectivity index (χ1n) is 8.17. The van der Waals surface area contributed by atoms with Crippen molar-refractivity contribution >= 4 is 17.6 Å². The normalized spacial score (nSPS) is 22.8. The summed E-state index contributed by atoms with van der Waals surface area (Å²) in [5.74, 6) is 0.0249. The molecule has 7 nitrogen and oxygen atoms in total. The van der Waals surface area contributed by atoms with Crippen LogP contribution < -0.4 is 10.6 Å². The van der Waals surface area contributed by atoms with Gasteiger partial charge in [-0.2, -0.15) is 5.10 Å². The van der Waals surface area contributed by atoms with E-state index in [1.807, 2.05) is 41.4 Å². The molecular weight excluding hydrogens is 306 g/mol. The fraction of sp³-hybridized carbons (Fsp3) is 0.353. The Balaban J connectivity index is 1.58. The molecule has 3 amide bonds. The van der Waals surface area contributed by atoms with Crippen molar-refractivity contribution < 1.29 is 9.59 Å². The topological polar surface area (TPSA) is 79.3 Å². The second kappa shape index (κ2) is 5.99. The lowest BCUT2D eigenvalue weighted by atomic mass is 10.1. The van der Waals surface area contributed by atoms with Gasteiger partial charge in [0.2, 0.25) is 5.91 Å². The summed E-state index contributed by atoms with van der Waals surface area (Å²) in [6.45, 7) is 0.531. The van der Waals surface area contributed by atoms with Gasteiger partial charge >= 0.3 is 6.03 Å². The number of fused-ring (bicyclic) bond motifs is 2. The second-order valence-electron chi connectivity index (χ2n) is 6.20. The monoisotopic (exact) mass is 325 g/mol. The van der Waals surface area contributed by atoms with Gasteiger partial charge in [0.25, 0.3) is 0 Å². The van der Waals surface area contributed by atoms with Crippen LogP contribution in [0.5, 0.6) is 0 Å². The van der Waals surface area contributed by atoms with Crippen molar-refractivity contribution in [2.75, 3.05) is 11.9 Å². The number of carbonyl (C=O) groups is 2. The van der Waals surface area contributed by atoms with Crippen LogP contribution in [0.2, 0.25) is 0 Å². The zero-order valence-corrected chi connectivity index (χ0v) is 13.2. The van der Waals surface area contributed by atoms with Gasteiger partial charge in [-0.25, -0.2) is 9.48 Å². The van der Waals surface area contributed by atoms with Crippen LogP contribution in [0.15, 0.2) is 42.7 Å². The minimum absolute atomic E-state index is 0.0191. The summed E-state index contributed by atoms with van der Waals surface area (Å²) in [6, 6.07) is 9.29. The van der Waals surface area contributed by atoms with Crippen LogP contribution in [0, 0.1) is 0 Å². The second-order valence-corrected chi connectivity index (χ2v) is 6.20. The average molecular weight is 325 g/mol. The number of para-hydroxylation sites is 2. The lowest BCUT2D eigenvalue weighted by molar-refractivity contribution is -0.121. The quantitative estimate of drug-likeness (QED) is 0.883. The van der Waals surface area contributed by atoms with Gasteiger partial charge in [0.05, 0.1) is 17.4 Å². The Bertz CT molecular complexity index is 758. The number of benzene rings is 1. The smallest absolute Gasteiger partial charge is 0.322 e. The summed E-state index contributed by atoms with van der Waals surface area (Å²) < 4.78 is 1.72. The molecule has 24 heavy (non-hydrogen) atoms. The molecule has 2 fully saturated rings. The van der Waals surface area contributed by atoms with Gasteiger partial charge in [-0.1, -0.05) is 12.1 Å². The SMILES string of the molecule is O=C1C[C@H]2CC[C@@H](CN1)N2C(=O)Nc1ccccc1-n1cccn1. The summed E-state index contributed by atoms with van der Waals surface area (Å²) in [7, 11) is 0. The number of rotatable bonds is 2. The Morgan fingerprint density at radius 1 is 1.21 bits per heavy atom. The van der Waals surface area contributed by atoms with Gasteiger partial charge in [0, 0.05) is 31.4 Å². The predicted molar refractivity (Wildman–Crippen MR) is 88.9 cm³/mol. The average Bonchev–Trinajstić information content (AvgIpc) is 3.19. The van der Waals surface area contributed by atoms with Crippen molar-refractivity contribution in [3.8, 4) is 5.69 Å². The van der Waals surface area contributed by atoms with Crippen LogP contribution in [-0.2, 0) is 4.79 Å². The van der Waals surface area contributed by atoms with Crippen molar-refractivity contribution in [1.82, 2.24) is 20.0 Å². The molecule has 1 aromatic carbocycles. The number of carbonyl (C=O) groups excluding carboxylic acids is 2. The van der Waals surface area contributed by atoms with Crippen LogP contribution in [0.4, 0.5) is 10.5 Å². The minimum Gasteiger partial charge on any atom is -0.354 e. The Hall–Kier alpha value is -2.83. The van der Waals surface area contributed by atoms with E-state index in [1.54, 1.807) is 10.9 Å². The number of nitrogens with one attached hydrogen (secondary N) is 2. The summed E-state index contributed by atoms with van der Waals surface area (Å²) >= 11 is 0. The zero-order chi connectivity index (χ0) is 16.5. The molecule has 2 bridgehead atoms. The Morgan fingerprint density at radius 3 is 2.88 bits per heavy atom. The molecule has 0 aliphatic carbocycles. The van der Waals surface area contributed by atoms with Crippen LogP contribution in [0.25, 0.3) is 5.69 Å². The number of anilines is 1. The van der Waals surface area contributed by atoms with Crippen molar-refractivity contribution in [1.29, 1.82) is 0 Å². The number of aromatic nitrogens is 2. The summed E-state index contributed by atoms with van der Waals surface area (Å²) in [5.41, 5.74) is 1.52. The van der Waals surface area contributed by atoms with Crippen LogP contribution >= 0.6 is 0 Å². The maximum Gasteiger partial charge on any atom is 0.322 e. The van der Waals surface area contributed by atoms with Crippen LogP contribution in [0.1, 0.15) is 19.3 Å². The molecule has 0 spiro atoms. The van der Waals surface area contributed by atoms with E-state index in [2.05, 4.69) is 15.7 Å². The predicted octanol–water partition coefficient (Wildman–Crippen LogP) is 1.76. The molecule has 7 heteroatoms.